The molecule has 0 bridgehead atoms. The van der Waals surface area contributed by atoms with Gasteiger partial charge in [0.25, 0.3) is 6.47 Å². The van der Waals surface area contributed by atoms with Gasteiger partial charge in [0.2, 0.25) is 0 Å². The van der Waals surface area contributed by atoms with Gasteiger partial charge in [-0.15, -0.1) is 0 Å². The molecule has 0 aromatic heterocycles. The van der Waals surface area contributed by atoms with Gasteiger partial charge in [-0.3, -0.25) is 9.59 Å². The molecule has 0 aliphatic carbocycles. The Labute approximate surface area is 98.2 Å². The third-order valence-electron chi connectivity index (χ3n) is 2.19. The topological polar surface area (TPSA) is 80.4 Å². The van der Waals surface area contributed by atoms with E-state index in [1.54, 1.807) is 0 Å². The van der Waals surface area contributed by atoms with E-state index in [1.807, 2.05) is 20.8 Å². The summed E-state index contributed by atoms with van der Waals surface area (Å²) >= 11 is 0. The van der Waals surface area contributed by atoms with E-state index in [9.17, 15) is 4.79 Å². The molecule has 4 nitrogen and oxygen atoms in total. The number of hydrogen-bond donors (Lipinski definition) is 2. The van der Waals surface area contributed by atoms with Crippen LogP contribution in [0.25, 0.3) is 0 Å². The van der Waals surface area contributed by atoms with E-state index in [-0.39, 0.29) is 23.7 Å². The standard InChI is InChI=1S/C11H23NO.CH2O2/c1-5-6-7-8-9(12)10(13)11(2,3)4;2-1-3/h9H,5-8,12H2,1-4H3;1H,(H,2,3). The summed E-state index contributed by atoms with van der Waals surface area (Å²) in [6.45, 7) is 7.68. The lowest BCUT2D eigenvalue weighted by Crippen LogP contribution is -2.38. The molecule has 0 aromatic carbocycles. The van der Waals surface area contributed by atoms with Crippen molar-refractivity contribution in [3.05, 3.63) is 0 Å². The number of carbonyl (C=O) groups is 2. The third kappa shape index (κ3) is 9.65. The minimum Gasteiger partial charge on any atom is -0.483 e. The van der Waals surface area contributed by atoms with Crippen LogP contribution in [0.5, 0.6) is 0 Å². The summed E-state index contributed by atoms with van der Waals surface area (Å²) < 4.78 is 0. The lowest BCUT2D eigenvalue weighted by atomic mass is 9.85. The van der Waals surface area contributed by atoms with Gasteiger partial charge < -0.3 is 10.8 Å². The molecule has 0 amide bonds. The smallest absolute Gasteiger partial charge is 0.290 e. The number of rotatable bonds is 5. The third-order valence-corrected chi connectivity index (χ3v) is 2.19. The number of nitrogens with two attached hydrogens (primary N) is 1. The van der Waals surface area contributed by atoms with E-state index >= 15 is 0 Å². The number of carboxylic acid groups (broad SMARTS) is 1. The zero-order chi connectivity index (χ0) is 13.2. The van der Waals surface area contributed by atoms with Gasteiger partial charge in [-0.2, -0.15) is 0 Å². The van der Waals surface area contributed by atoms with Crippen LogP contribution in [-0.2, 0) is 9.59 Å². The van der Waals surface area contributed by atoms with Gasteiger partial charge in [-0.05, 0) is 6.42 Å². The average molecular weight is 231 g/mol. The molecule has 1 unspecified atom stereocenters. The normalized spacial score (nSPS) is 12.3. The first-order valence-corrected chi connectivity index (χ1v) is 5.69. The molecule has 0 radical (unpaired) electrons. The minimum atomic E-state index is -0.286. The average Bonchev–Trinajstić information content (AvgIpc) is 2.16. The predicted molar refractivity (Wildman–Crippen MR) is 65.3 cm³/mol. The van der Waals surface area contributed by atoms with Crippen molar-refractivity contribution in [3.8, 4) is 0 Å². The highest BCUT2D eigenvalue weighted by Gasteiger charge is 2.26. The van der Waals surface area contributed by atoms with Gasteiger partial charge >= 0.3 is 0 Å². The Morgan fingerprint density at radius 1 is 1.38 bits per heavy atom. The maximum absolute atomic E-state index is 11.6. The molecule has 0 saturated carbocycles. The first kappa shape index (κ1) is 17.5. The van der Waals surface area contributed by atoms with E-state index < -0.39 is 0 Å². The molecular formula is C12H25NO3. The number of carbonyl (C=O) groups excluding carboxylic acids is 1. The van der Waals surface area contributed by atoms with Crippen LogP contribution < -0.4 is 5.73 Å². The molecule has 0 aromatic rings. The van der Waals surface area contributed by atoms with Crippen LogP contribution in [0.1, 0.15) is 53.4 Å². The highest BCUT2D eigenvalue weighted by molar-refractivity contribution is 5.88. The second-order valence-corrected chi connectivity index (χ2v) is 4.82. The Kier molecular flexibility index (Phi) is 10.2. The van der Waals surface area contributed by atoms with Crippen molar-refractivity contribution in [2.24, 2.45) is 11.1 Å². The predicted octanol–water partition coefficient (Wildman–Crippen LogP) is 2.21. The summed E-state index contributed by atoms with van der Waals surface area (Å²) in [5, 5.41) is 6.89. The van der Waals surface area contributed by atoms with E-state index in [4.69, 9.17) is 15.6 Å². The van der Waals surface area contributed by atoms with Gasteiger partial charge in [0.1, 0.15) is 0 Å². The number of ketones is 1. The molecule has 16 heavy (non-hydrogen) atoms. The van der Waals surface area contributed by atoms with Gasteiger partial charge in [-0.1, -0.05) is 47.0 Å². The molecule has 1 atom stereocenters. The summed E-state index contributed by atoms with van der Waals surface area (Å²) in [4.78, 5) is 20.0. The van der Waals surface area contributed by atoms with Crippen molar-refractivity contribution in [2.75, 3.05) is 0 Å². The van der Waals surface area contributed by atoms with Crippen molar-refractivity contribution >= 4 is 12.3 Å². The molecule has 0 rings (SSSR count). The molecule has 0 aliphatic rings. The second kappa shape index (κ2) is 9.33. The number of Topliss-reactive ketones (excluding diaryl/α,β-unsaturated/α-hetero) is 1. The van der Waals surface area contributed by atoms with Crippen molar-refractivity contribution < 1.29 is 14.7 Å². The molecule has 0 aliphatic heterocycles. The Morgan fingerprint density at radius 2 is 1.81 bits per heavy atom. The number of unbranched alkanes of at least 4 members (excludes halogenated alkanes) is 2. The van der Waals surface area contributed by atoms with Crippen molar-refractivity contribution in [1.29, 1.82) is 0 Å². The van der Waals surface area contributed by atoms with Crippen LogP contribution in [0.3, 0.4) is 0 Å². The van der Waals surface area contributed by atoms with Crippen molar-refractivity contribution in [1.82, 2.24) is 0 Å². The van der Waals surface area contributed by atoms with Crippen LogP contribution in [0.4, 0.5) is 0 Å². The van der Waals surface area contributed by atoms with Crippen LogP contribution in [-0.4, -0.2) is 23.4 Å². The van der Waals surface area contributed by atoms with Crippen LogP contribution in [0.2, 0.25) is 0 Å². The fraction of sp³-hybridized carbons (Fsp3) is 0.833. The van der Waals surface area contributed by atoms with Crippen LogP contribution in [0, 0.1) is 5.41 Å². The molecule has 0 saturated heterocycles. The first-order chi connectivity index (χ1) is 7.31. The lowest BCUT2D eigenvalue weighted by Gasteiger charge is -2.21. The van der Waals surface area contributed by atoms with Gasteiger partial charge in [0.15, 0.2) is 5.78 Å². The highest BCUT2D eigenvalue weighted by Crippen LogP contribution is 2.18. The quantitative estimate of drug-likeness (QED) is 0.561. The second-order valence-electron chi connectivity index (χ2n) is 4.82. The molecule has 96 valence electrons. The summed E-state index contributed by atoms with van der Waals surface area (Å²) in [7, 11) is 0. The molecule has 0 spiro atoms. The molecule has 0 fully saturated rings. The van der Waals surface area contributed by atoms with Gasteiger partial charge in [0.05, 0.1) is 6.04 Å². The van der Waals surface area contributed by atoms with E-state index in [1.165, 1.54) is 12.8 Å². The summed E-state index contributed by atoms with van der Waals surface area (Å²) in [5.74, 6) is 0.184. The Morgan fingerprint density at radius 3 is 2.12 bits per heavy atom. The van der Waals surface area contributed by atoms with Gasteiger partial charge in [-0.25, -0.2) is 0 Å². The van der Waals surface area contributed by atoms with Crippen molar-refractivity contribution in [2.45, 2.75) is 59.4 Å². The van der Waals surface area contributed by atoms with Crippen LogP contribution in [0.15, 0.2) is 0 Å². The Hall–Kier alpha value is -0.900. The van der Waals surface area contributed by atoms with E-state index in [2.05, 4.69) is 6.92 Å². The summed E-state index contributed by atoms with van der Waals surface area (Å²) in [6.07, 6.45) is 4.25. The zero-order valence-corrected chi connectivity index (χ0v) is 10.8. The molecule has 3 N–H and O–H groups in total. The van der Waals surface area contributed by atoms with E-state index in [0.29, 0.717) is 0 Å². The first-order valence-electron chi connectivity index (χ1n) is 5.69. The fourth-order valence-electron chi connectivity index (χ4n) is 1.30. The molecule has 4 heteroatoms. The Bertz CT molecular complexity index is 197. The minimum absolute atomic E-state index is 0.184. The molecule has 0 heterocycles. The van der Waals surface area contributed by atoms with E-state index in [0.717, 1.165) is 12.8 Å². The maximum Gasteiger partial charge on any atom is 0.290 e. The fourth-order valence-corrected chi connectivity index (χ4v) is 1.30. The van der Waals surface area contributed by atoms with Crippen molar-refractivity contribution in [3.63, 3.8) is 0 Å². The van der Waals surface area contributed by atoms with Gasteiger partial charge in [0, 0.05) is 5.41 Å². The lowest BCUT2D eigenvalue weighted by molar-refractivity contribution is -0.127. The molecular weight excluding hydrogens is 206 g/mol. The number of hydrogen-bond acceptors (Lipinski definition) is 3. The SMILES string of the molecule is CCCCCC(N)C(=O)C(C)(C)C.O=CO. The zero-order valence-electron chi connectivity index (χ0n) is 10.8. The monoisotopic (exact) mass is 231 g/mol. The Balaban J connectivity index is 0. The summed E-state index contributed by atoms with van der Waals surface area (Å²) in [5.41, 5.74) is 5.51. The highest BCUT2D eigenvalue weighted by atomic mass is 16.3. The largest absolute Gasteiger partial charge is 0.483 e. The summed E-state index contributed by atoms with van der Waals surface area (Å²) in [6, 6.07) is -0.258. The maximum atomic E-state index is 11.6. The van der Waals surface area contributed by atoms with Crippen LogP contribution >= 0.6 is 0 Å².